The lowest BCUT2D eigenvalue weighted by atomic mass is 9.97. The van der Waals surface area contributed by atoms with Crippen LogP contribution in [0.15, 0.2) is 60.7 Å². The van der Waals surface area contributed by atoms with Crippen molar-refractivity contribution < 1.29 is 4.79 Å². The Morgan fingerprint density at radius 2 is 1.67 bits per heavy atom. The van der Waals surface area contributed by atoms with Crippen LogP contribution in [-0.4, -0.2) is 10.9 Å². The van der Waals surface area contributed by atoms with Crippen molar-refractivity contribution in [3.8, 4) is 11.3 Å². The fourth-order valence-corrected chi connectivity index (χ4v) is 4.11. The Balaban J connectivity index is 1.91. The SMILES string of the molecule is Cc1cccc(NC(=O)c2c(C)c(-c3ccc(Cl)cc3Cl)nc3ccccc23)c1C. The quantitative estimate of drug-likeness (QED) is 0.365. The van der Waals surface area contributed by atoms with E-state index in [9.17, 15) is 4.79 Å². The van der Waals surface area contributed by atoms with Gasteiger partial charge in [-0.05, 0) is 67.8 Å². The number of fused-ring (bicyclic) bond motifs is 1. The highest BCUT2D eigenvalue weighted by Gasteiger charge is 2.20. The number of nitrogens with zero attached hydrogens (tertiary/aromatic N) is 1. The van der Waals surface area contributed by atoms with Crippen molar-refractivity contribution in [3.63, 3.8) is 0 Å². The van der Waals surface area contributed by atoms with Crippen molar-refractivity contribution in [2.45, 2.75) is 20.8 Å². The number of hydrogen-bond acceptors (Lipinski definition) is 2. The summed E-state index contributed by atoms with van der Waals surface area (Å²) in [5.74, 6) is -0.175. The van der Waals surface area contributed by atoms with E-state index < -0.39 is 0 Å². The van der Waals surface area contributed by atoms with E-state index in [0.29, 0.717) is 21.3 Å². The van der Waals surface area contributed by atoms with Gasteiger partial charge in [0.1, 0.15) is 0 Å². The zero-order chi connectivity index (χ0) is 21.4. The molecule has 4 aromatic rings. The molecular formula is C25H20Cl2N2O. The molecule has 0 unspecified atom stereocenters. The topological polar surface area (TPSA) is 42.0 Å². The molecule has 0 saturated heterocycles. The van der Waals surface area contributed by atoms with Crippen LogP contribution in [0.5, 0.6) is 0 Å². The van der Waals surface area contributed by atoms with Gasteiger partial charge in [-0.1, -0.05) is 53.5 Å². The summed E-state index contributed by atoms with van der Waals surface area (Å²) in [5, 5.41) is 4.93. The summed E-state index contributed by atoms with van der Waals surface area (Å²) in [6.07, 6.45) is 0. The number of carbonyl (C=O) groups is 1. The highest BCUT2D eigenvalue weighted by Crippen LogP contribution is 2.35. The van der Waals surface area contributed by atoms with Gasteiger partial charge in [0.05, 0.1) is 21.8 Å². The zero-order valence-corrected chi connectivity index (χ0v) is 18.4. The molecule has 1 amide bonds. The van der Waals surface area contributed by atoms with Crippen LogP contribution in [0.3, 0.4) is 0 Å². The summed E-state index contributed by atoms with van der Waals surface area (Å²) in [5.41, 5.74) is 6.46. The Morgan fingerprint density at radius 1 is 0.900 bits per heavy atom. The van der Waals surface area contributed by atoms with E-state index in [0.717, 1.165) is 38.8 Å². The number of pyridine rings is 1. The van der Waals surface area contributed by atoms with E-state index in [-0.39, 0.29) is 5.91 Å². The van der Waals surface area contributed by atoms with Crippen molar-refractivity contribution in [1.82, 2.24) is 4.98 Å². The molecule has 30 heavy (non-hydrogen) atoms. The fraction of sp³-hybridized carbons (Fsp3) is 0.120. The predicted molar refractivity (Wildman–Crippen MR) is 126 cm³/mol. The molecule has 0 saturated carbocycles. The number of para-hydroxylation sites is 1. The minimum absolute atomic E-state index is 0.175. The highest BCUT2D eigenvalue weighted by molar-refractivity contribution is 6.36. The number of amides is 1. The van der Waals surface area contributed by atoms with Crippen LogP contribution in [0.2, 0.25) is 10.0 Å². The lowest BCUT2D eigenvalue weighted by Gasteiger charge is -2.16. The number of carbonyl (C=O) groups excluding carboxylic acids is 1. The number of aromatic nitrogens is 1. The van der Waals surface area contributed by atoms with E-state index in [1.165, 1.54) is 0 Å². The molecule has 4 rings (SSSR count). The van der Waals surface area contributed by atoms with Gasteiger partial charge in [-0.3, -0.25) is 4.79 Å². The van der Waals surface area contributed by atoms with Crippen molar-refractivity contribution in [2.24, 2.45) is 0 Å². The Bertz CT molecular complexity index is 1300. The Morgan fingerprint density at radius 3 is 2.43 bits per heavy atom. The van der Waals surface area contributed by atoms with Gasteiger partial charge in [0, 0.05) is 21.7 Å². The summed E-state index contributed by atoms with van der Waals surface area (Å²) in [7, 11) is 0. The molecule has 3 aromatic carbocycles. The van der Waals surface area contributed by atoms with Gasteiger partial charge in [0.15, 0.2) is 0 Å². The minimum Gasteiger partial charge on any atom is -0.322 e. The Hall–Kier alpha value is -2.88. The van der Waals surface area contributed by atoms with Crippen molar-refractivity contribution in [2.75, 3.05) is 5.32 Å². The number of nitrogens with one attached hydrogen (secondary N) is 1. The molecule has 0 aliphatic rings. The third-order valence-corrected chi connectivity index (χ3v) is 5.95. The van der Waals surface area contributed by atoms with Gasteiger partial charge >= 0.3 is 0 Å². The van der Waals surface area contributed by atoms with E-state index in [4.69, 9.17) is 28.2 Å². The van der Waals surface area contributed by atoms with Crippen molar-refractivity contribution >= 4 is 45.7 Å². The van der Waals surface area contributed by atoms with Crippen molar-refractivity contribution in [1.29, 1.82) is 0 Å². The maximum Gasteiger partial charge on any atom is 0.256 e. The Kier molecular flexibility index (Phi) is 5.50. The van der Waals surface area contributed by atoms with Gasteiger partial charge < -0.3 is 5.32 Å². The summed E-state index contributed by atoms with van der Waals surface area (Å²) >= 11 is 12.5. The first-order valence-corrected chi connectivity index (χ1v) is 10.3. The molecule has 150 valence electrons. The first-order chi connectivity index (χ1) is 14.4. The van der Waals surface area contributed by atoms with Crippen LogP contribution < -0.4 is 5.32 Å². The van der Waals surface area contributed by atoms with E-state index in [1.54, 1.807) is 12.1 Å². The number of anilines is 1. The molecule has 0 bridgehead atoms. The Labute approximate surface area is 185 Å². The molecule has 0 aliphatic heterocycles. The molecular weight excluding hydrogens is 415 g/mol. The summed E-state index contributed by atoms with van der Waals surface area (Å²) < 4.78 is 0. The van der Waals surface area contributed by atoms with Gasteiger partial charge in [-0.15, -0.1) is 0 Å². The van der Waals surface area contributed by atoms with Gasteiger partial charge in [0.25, 0.3) is 5.91 Å². The zero-order valence-electron chi connectivity index (χ0n) is 16.9. The van der Waals surface area contributed by atoms with Gasteiger partial charge in [-0.25, -0.2) is 4.98 Å². The highest BCUT2D eigenvalue weighted by atomic mass is 35.5. The number of halogens is 2. The van der Waals surface area contributed by atoms with Crippen LogP contribution >= 0.6 is 23.2 Å². The summed E-state index contributed by atoms with van der Waals surface area (Å²) in [4.78, 5) is 18.3. The van der Waals surface area contributed by atoms with Crippen LogP contribution in [0.25, 0.3) is 22.2 Å². The fourth-order valence-electron chi connectivity index (χ4n) is 3.61. The first kappa shape index (κ1) is 20.4. The maximum absolute atomic E-state index is 13.4. The summed E-state index contributed by atoms with van der Waals surface area (Å²) in [6.45, 7) is 5.93. The van der Waals surface area contributed by atoms with E-state index in [2.05, 4.69) is 5.32 Å². The number of aryl methyl sites for hydroxylation is 1. The molecule has 3 nitrogen and oxygen atoms in total. The molecule has 0 aliphatic carbocycles. The predicted octanol–water partition coefficient (Wildman–Crippen LogP) is 7.39. The molecule has 1 aromatic heterocycles. The summed E-state index contributed by atoms with van der Waals surface area (Å²) in [6, 6.07) is 18.8. The lowest BCUT2D eigenvalue weighted by molar-refractivity contribution is 0.102. The number of rotatable bonds is 3. The lowest BCUT2D eigenvalue weighted by Crippen LogP contribution is -2.16. The standard InChI is InChI=1S/C25H20Cl2N2O/c1-14-7-6-10-21(15(14)2)29-25(30)23-16(3)24(18-12-11-17(26)13-20(18)27)28-22-9-5-4-8-19(22)23/h4-13H,1-3H3,(H,29,30). The molecule has 0 spiro atoms. The average Bonchev–Trinajstić information content (AvgIpc) is 2.71. The van der Waals surface area contributed by atoms with Crippen LogP contribution in [0, 0.1) is 20.8 Å². The normalized spacial score (nSPS) is 11.0. The second-order valence-electron chi connectivity index (χ2n) is 7.30. The molecule has 0 atom stereocenters. The third kappa shape index (κ3) is 3.67. The first-order valence-electron chi connectivity index (χ1n) is 9.59. The van der Waals surface area contributed by atoms with Crippen molar-refractivity contribution in [3.05, 3.63) is 93.0 Å². The van der Waals surface area contributed by atoms with E-state index in [1.807, 2.05) is 69.3 Å². The molecule has 1 heterocycles. The largest absolute Gasteiger partial charge is 0.322 e. The van der Waals surface area contributed by atoms with Gasteiger partial charge in [0.2, 0.25) is 0 Å². The van der Waals surface area contributed by atoms with Gasteiger partial charge in [-0.2, -0.15) is 0 Å². The third-order valence-electron chi connectivity index (χ3n) is 5.40. The smallest absolute Gasteiger partial charge is 0.256 e. The second-order valence-corrected chi connectivity index (χ2v) is 8.15. The number of hydrogen-bond donors (Lipinski definition) is 1. The maximum atomic E-state index is 13.4. The van der Waals surface area contributed by atoms with Crippen LogP contribution in [0.4, 0.5) is 5.69 Å². The molecule has 0 fully saturated rings. The minimum atomic E-state index is -0.175. The average molecular weight is 435 g/mol. The number of benzene rings is 3. The van der Waals surface area contributed by atoms with Crippen LogP contribution in [-0.2, 0) is 0 Å². The molecule has 1 N–H and O–H groups in total. The monoisotopic (exact) mass is 434 g/mol. The van der Waals surface area contributed by atoms with E-state index >= 15 is 0 Å². The van der Waals surface area contributed by atoms with Crippen LogP contribution in [0.1, 0.15) is 27.0 Å². The molecule has 0 radical (unpaired) electrons. The molecule has 5 heteroatoms. The second kappa shape index (κ2) is 8.10.